The molecule has 0 bridgehead atoms. The minimum atomic E-state index is 0.00745. The van der Waals surface area contributed by atoms with Gasteiger partial charge in [0.25, 0.3) is 0 Å². The van der Waals surface area contributed by atoms with E-state index in [1.807, 2.05) is 0 Å². The summed E-state index contributed by atoms with van der Waals surface area (Å²) < 4.78 is 0.185. The molecule has 2 nitrogen and oxygen atoms in total. The Morgan fingerprint density at radius 1 is 2.00 bits per heavy atom. The molecule has 47 valence electrons. The van der Waals surface area contributed by atoms with Crippen LogP contribution in [0, 0.1) is 6.92 Å². The van der Waals surface area contributed by atoms with Crippen molar-refractivity contribution in [1.82, 2.24) is 5.32 Å². The molecular weight excluding hydrogens is 217 g/mol. The van der Waals surface area contributed by atoms with Crippen LogP contribution in [0.4, 0.5) is 0 Å². The van der Waals surface area contributed by atoms with Gasteiger partial charge in [0, 0.05) is 6.92 Å². The number of carbonyl (C=O) groups excluding carboxylic acids is 1. The summed E-state index contributed by atoms with van der Waals surface area (Å²) >= 11 is 2.13. The van der Waals surface area contributed by atoms with Gasteiger partial charge in [-0.15, -0.1) is 0 Å². The zero-order valence-electron chi connectivity index (χ0n) is 4.78. The molecule has 0 fully saturated rings. The van der Waals surface area contributed by atoms with E-state index >= 15 is 0 Å². The van der Waals surface area contributed by atoms with Gasteiger partial charge in [-0.25, -0.2) is 0 Å². The summed E-state index contributed by atoms with van der Waals surface area (Å²) in [6.45, 7) is 5.12. The predicted molar refractivity (Wildman–Crippen MR) is 41.6 cm³/mol. The molecule has 1 amide bonds. The molecule has 0 aromatic rings. The van der Waals surface area contributed by atoms with Crippen LogP contribution < -0.4 is 5.32 Å². The highest BCUT2D eigenvalue weighted by atomic mass is 127. The maximum absolute atomic E-state index is 10.3. The van der Waals surface area contributed by atoms with Gasteiger partial charge in [0.15, 0.2) is 0 Å². The van der Waals surface area contributed by atoms with Crippen LogP contribution >= 0.6 is 22.6 Å². The van der Waals surface area contributed by atoms with E-state index in [1.165, 1.54) is 6.92 Å². The number of alkyl halides is 1. The summed E-state index contributed by atoms with van der Waals surface area (Å²) in [5.74, 6) is 0.00745. The normalized spacial score (nSPS) is 12.9. The predicted octanol–water partition coefficient (Wildman–Crippen LogP) is 1.11. The minimum absolute atomic E-state index is 0.00745. The molecule has 1 atom stereocenters. The van der Waals surface area contributed by atoms with Gasteiger partial charge in [0.05, 0.1) is 4.05 Å². The Hall–Kier alpha value is 0.200. The van der Waals surface area contributed by atoms with Crippen LogP contribution in [0.1, 0.15) is 13.3 Å². The van der Waals surface area contributed by atoms with Crippen LogP contribution in [0.3, 0.4) is 0 Å². The fraction of sp³-hybridized carbons (Fsp3) is 0.600. The number of nitrogens with one attached hydrogen (secondary N) is 1. The molecular formula is C5H9INO. The Bertz CT molecular complexity index is 84.5. The first-order valence-electron chi connectivity index (χ1n) is 2.37. The second-order valence-corrected chi connectivity index (χ2v) is 2.96. The number of rotatable bonds is 2. The van der Waals surface area contributed by atoms with Gasteiger partial charge in [-0.1, -0.05) is 29.5 Å². The average molecular weight is 226 g/mol. The van der Waals surface area contributed by atoms with Gasteiger partial charge < -0.3 is 5.32 Å². The van der Waals surface area contributed by atoms with Crippen molar-refractivity contribution in [2.45, 2.75) is 17.4 Å². The van der Waals surface area contributed by atoms with Crippen molar-refractivity contribution < 1.29 is 4.79 Å². The van der Waals surface area contributed by atoms with Crippen LogP contribution in [-0.4, -0.2) is 9.96 Å². The first-order chi connectivity index (χ1) is 3.66. The Morgan fingerprint density at radius 2 is 2.50 bits per heavy atom. The third-order valence-electron chi connectivity index (χ3n) is 0.613. The van der Waals surface area contributed by atoms with E-state index in [4.69, 9.17) is 0 Å². The van der Waals surface area contributed by atoms with Crippen molar-refractivity contribution in [1.29, 1.82) is 0 Å². The maximum atomic E-state index is 10.3. The third kappa shape index (κ3) is 4.36. The molecule has 0 rings (SSSR count). The van der Waals surface area contributed by atoms with Crippen molar-refractivity contribution in [3.8, 4) is 0 Å². The van der Waals surface area contributed by atoms with Crippen LogP contribution in [0.25, 0.3) is 0 Å². The molecule has 1 N–H and O–H groups in total. The highest BCUT2D eigenvalue weighted by Crippen LogP contribution is 1.98. The summed E-state index contributed by atoms with van der Waals surface area (Å²) in [7, 11) is 0. The molecule has 0 aliphatic carbocycles. The van der Waals surface area contributed by atoms with Gasteiger partial charge in [-0.05, 0) is 6.42 Å². The average Bonchev–Trinajstić information content (AvgIpc) is 1.65. The fourth-order valence-electron chi connectivity index (χ4n) is 0.293. The molecule has 0 aliphatic rings. The molecule has 1 radical (unpaired) electrons. The van der Waals surface area contributed by atoms with Crippen molar-refractivity contribution in [3.05, 3.63) is 6.92 Å². The van der Waals surface area contributed by atoms with Crippen molar-refractivity contribution >= 4 is 28.5 Å². The quantitative estimate of drug-likeness (QED) is 0.426. The van der Waals surface area contributed by atoms with Crippen molar-refractivity contribution in [2.75, 3.05) is 0 Å². The smallest absolute Gasteiger partial charge is 0.217 e. The van der Waals surface area contributed by atoms with Crippen LogP contribution in [0.2, 0.25) is 0 Å². The maximum Gasteiger partial charge on any atom is 0.217 e. The molecule has 0 saturated heterocycles. The van der Waals surface area contributed by atoms with Crippen LogP contribution in [-0.2, 0) is 4.79 Å². The van der Waals surface area contributed by atoms with Gasteiger partial charge in [-0.3, -0.25) is 4.79 Å². The summed E-state index contributed by atoms with van der Waals surface area (Å²) in [6.07, 6.45) is 0.736. The second-order valence-electron chi connectivity index (χ2n) is 1.46. The third-order valence-corrected chi connectivity index (χ3v) is 1.55. The zero-order valence-corrected chi connectivity index (χ0v) is 6.94. The molecule has 0 heterocycles. The number of carbonyl (C=O) groups is 1. The van der Waals surface area contributed by atoms with E-state index in [2.05, 4.69) is 34.8 Å². The van der Waals surface area contributed by atoms with Crippen molar-refractivity contribution in [3.63, 3.8) is 0 Å². The molecule has 0 spiro atoms. The molecule has 0 aromatic carbocycles. The van der Waals surface area contributed by atoms with Gasteiger partial charge in [0.2, 0.25) is 5.91 Å². The van der Waals surface area contributed by atoms with E-state index in [-0.39, 0.29) is 9.96 Å². The first kappa shape index (κ1) is 8.20. The number of amides is 1. The van der Waals surface area contributed by atoms with E-state index < -0.39 is 0 Å². The fourth-order valence-corrected chi connectivity index (χ4v) is 0.731. The lowest BCUT2D eigenvalue weighted by Gasteiger charge is -2.05. The highest BCUT2D eigenvalue weighted by molar-refractivity contribution is 14.1. The first-order valence-corrected chi connectivity index (χ1v) is 3.61. The van der Waals surface area contributed by atoms with E-state index in [9.17, 15) is 4.79 Å². The van der Waals surface area contributed by atoms with E-state index in [0.29, 0.717) is 0 Å². The lowest BCUT2D eigenvalue weighted by molar-refractivity contribution is -0.119. The number of hydrogen-bond acceptors (Lipinski definition) is 1. The Kier molecular flexibility index (Phi) is 4.22. The Morgan fingerprint density at radius 3 is 2.62 bits per heavy atom. The monoisotopic (exact) mass is 226 g/mol. The van der Waals surface area contributed by atoms with E-state index in [1.54, 1.807) is 0 Å². The Balaban J connectivity index is 3.24. The SMILES string of the molecule is [CH2]CC(I)NC(C)=O. The van der Waals surface area contributed by atoms with Gasteiger partial charge in [-0.2, -0.15) is 0 Å². The zero-order chi connectivity index (χ0) is 6.57. The topological polar surface area (TPSA) is 29.1 Å². The number of halogens is 1. The summed E-state index contributed by atoms with van der Waals surface area (Å²) in [5, 5.41) is 2.68. The second kappa shape index (κ2) is 4.12. The van der Waals surface area contributed by atoms with Crippen LogP contribution in [0.15, 0.2) is 0 Å². The molecule has 0 aliphatic heterocycles. The molecule has 8 heavy (non-hydrogen) atoms. The Labute approximate surface area is 63.2 Å². The minimum Gasteiger partial charge on any atom is -0.345 e. The summed E-state index contributed by atoms with van der Waals surface area (Å²) in [4.78, 5) is 10.3. The lowest BCUT2D eigenvalue weighted by atomic mass is 10.5. The van der Waals surface area contributed by atoms with E-state index in [0.717, 1.165) is 6.42 Å². The number of hydrogen-bond donors (Lipinski definition) is 1. The molecule has 0 saturated carbocycles. The standard InChI is InChI=1S/C5H9INO/c1-3-5(6)7-4(2)8/h5H,1,3H2,2H3,(H,7,8). The van der Waals surface area contributed by atoms with Crippen LogP contribution in [0.5, 0.6) is 0 Å². The molecule has 3 heteroatoms. The largest absolute Gasteiger partial charge is 0.345 e. The van der Waals surface area contributed by atoms with Gasteiger partial charge in [0.1, 0.15) is 0 Å². The molecule has 0 aromatic heterocycles. The summed E-state index contributed by atoms with van der Waals surface area (Å²) in [5.41, 5.74) is 0. The summed E-state index contributed by atoms with van der Waals surface area (Å²) in [6, 6.07) is 0. The highest BCUT2D eigenvalue weighted by Gasteiger charge is 1.98. The van der Waals surface area contributed by atoms with Crippen molar-refractivity contribution in [2.24, 2.45) is 0 Å². The molecule has 1 unspecified atom stereocenters. The lowest BCUT2D eigenvalue weighted by Crippen LogP contribution is -2.26. The van der Waals surface area contributed by atoms with Gasteiger partial charge >= 0.3 is 0 Å².